The third-order valence-electron chi connectivity index (χ3n) is 8.66. The Morgan fingerprint density at radius 2 is 1.82 bits per heavy atom. The van der Waals surface area contributed by atoms with Gasteiger partial charge in [-0.15, -0.1) is 0 Å². The fourth-order valence-electron chi connectivity index (χ4n) is 6.70. The Labute approximate surface area is 237 Å². The van der Waals surface area contributed by atoms with Crippen molar-refractivity contribution in [3.05, 3.63) is 83.4 Å². The highest BCUT2D eigenvalue weighted by atomic mass is 16.6. The number of fused-ring (bicyclic) bond motifs is 3. The van der Waals surface area contributed by atoms with Crippen molar-refractivity contribution in [2.24, 2.45) is 0 Å². The van der Waals surface area contributed by atoms with E-state index in [1.54, 1.807) is 14.2 Å². The third-order valence-corrected chi connectivity index (χ3v) is 8.66. The van der Waals surface area contributed by atoms with Crippen molar-refractivity contribution >= 4 is 16.8 Å². The lowest BCUT2D eigenvalue weighted by atomic mass is 10.00. The first-order chi connectivity index (χ1) is 19.4. The Kier molecular flexibility index (Phi) is 7.54. The first-order valence-corrected chi connectivity index (χ1v) is 14.4. The summed E-state index contributed by atoms with van der Waals surface area (Å²) < 4.78 is 12.6. The zero-order valence-electron chi connectivity index (χ0n) is 24.2. The summed E-state index contributed by atoms with van der Waals surface area (Å²) in [6.45, 7) is 8.36. The second kappa shape index (κ2) is 11.1. The lowest BCUT2D eigenvalue weighted by molar-refractivity contribution is -0.0835. The summed E-state index contributed by atoms with van der Waals surface area (Å²) in [4.78, 5) is 18.1. The van der Waals surface area contributed by atoms with E-state index in [0.29, 0.717) is 6.54 Å². The number of hydrazine groups is 1. The second-order valence-electron chi connectivity index (χ2n) is 11.5. The number of nitrogens with one attached hydrogen (secondary N) is 1. The molecule has 3 saturated heterocycles. The van der Waals surface area contributed by atoms with Crippen molar-refractivity contribution < 1.29 is 14.3 Å². The van der Waals surface area contributed by atoms with Gasteiger partial charge in [-0.1, -0.05) is 72.3 Å². The van der Waals surface area contributed by atoms with E-state index in [1.165, 1.54) is 27.5 Å². The minimum atomic E-state index is -0.159. The summed E-state index contributed by atoms with van der Waals surface area (Å²) in [5.74, 6) is 0. The van der Waals surface area contributed by atoms with Crippen LogP contribution >= 0.6 is 0 Å². The van der Waals surface area contributed by atoms with E-state index >= 15 is 0 Å². The van der Waals surface area contributed by atoms with Crippen LogP contribution in [0.1, 0.15) is 30.5 Å². The van der Waals surface area contributed by atoms with Crippen molar-refractivity contribution in [3.63, 3.8) is 0 Å². The Bertz CT molecular complexity index is 1340. The van der Waals surface area contributed by atoms with E-state index in [4.69, 9.17) is 9.47 Å². The van der Waals surface area contributed by atoms with Gasteiger partial charge in [-0.3, -0.25) is 14.8 Å². The molecule has 8 heteroatoms. The number of hydrogen-bond acceptors (Lipinski definition) is 6. The predicted molar refractivity (Wildman–Crippen MR) is 156 cm³/mol. The van der Waals surface area contributed by atoms with E-state index in [2.05, 4.69) is 108 Å². The van der Waals surface area contributed by atoms with Crippen molar-refractivity contribution in [2.45, 2.75) is 70.5 Å². The van der Waals surface area contributed by atoms with Crippen LogP contribution in [-0.2, 0) is 22.4 Å². The van der Waals surface area contributed by atoms with Gasteiger partial charge in [-0.25, -0.2) is 4.79 Å². The van der Waals surface area contributed by atoms with Gasteiger partial charge in [0.05, 0.1) is 12.7 Å². The highest BCUT2D eigenvalue weighted by molar-refractivity contribution is 5.85. The summed E-state index contributed by atoms with van der Waals surface area (Å²) in [5.41, 5.74) is 3.83. The molecule has 0 radical (unpaired) electrons. The van der Waals surface area contributed by atoms with Crippen LogP contribution < -0.4 is 5.32 Å². The number of carbonyl (C=O) groups excluding carboxylic acids is 1. The van der Waals surface area contributed by atoms with Gasteiger partial charge in [0.25, 0.3) is 0 Å². The minimum Gasteiger partial charge on any atom is -0.365 e. The SMILES string of the molecule is CNC(=O)N(C(C)C)N1CC(OC)N2[C@@H](Cc3ccc(C)cc3)C3OC3N(Cc3cccc4ccccc34)C[C@@H]21. The van der Waals surface area contributed by atoms with Gasteiger partial charge in [0.15, 0.2) is 0 Å². The van der Waals surface area contributed by atoms with Crippen LogP contribution in [0.3, 0.4) is 0 Å². The molecule has 3 heterocycles. The maximum absolute atomic E-state index is 13.2. The standard InChI is InChI=1S/C32H41N5O3/c1-21(2)37(32(38)33-4)35-20-29(39-5)36-27(17-23-15-13-22(3)14-16-23)30-31(40-30)34(19-28(35)36)18-25-11-8-10-24-9-6-7-12-26(24)25/h6-16,21,27-31H,17-20H2,1-5H3,(H,33,38)/t27-,28+,29?,30?,31?/m0/s1. The molecule has 6 rings (SSSR count). The number of rotatable bonds is 7. The van der Waals surface area contributed by atoms with Gasteiger partial charge in [-0.2, -0.15) is 5.01 Å². The molecule has 0 aromatic heterocycles. The van der Waals surface area contributed by atoms with E-state index < -0.39 is 0 Å². The molecule has 3 aromatic rings. The number of urea groups is 1. The molecule has 0 saturated carbocycles. The van der Waals surface area contributed by atoms with E-state index in [9.17, 15) is 4.79 Å². The smallest absolute Gasteiger partial charge is 0.331 e. The zero-order chi connectivity index (χ0) is 28.0. The molecule has 3 aromatic carbocycles. The monoisotopic (exact) mass is 543 g/mol. The van der Waals surface area contributed by atoms with E-state index in [-0.39, 0.29) is 42.8 Å². The van der Waals surface area contributed by atoms with Crippen LogP contribution in [0.5, 0.6) is 0 Å². The molecule has 3 fully saturated rings. The molecule has 1 N–H and O–H groups in total. The number of ether oxygens (including phenoxy) is 2. The Hall–Kier alpha value is -3.01. The average molecular weight is 544 g/mol. The normalized spacial score (nSPS) is 26.9. The van der Waals surface area contributed by atoms with Crippen molar-refractivity contribution in [2.75, 3.05) is 27.2 Å². The molecule has 0 spiro atoms. The van der Waals surface area contributed by atoms with Gasteiger partial charge in [-0.05, 0) is 49.1 Å². The molecule has 0 aliphatic carbocycles. The number of benzene rings is 3. The Morgan fingerprint density at radius 1 is 1.07 bits per heavy atom. The summed E-state index contributed by atoms with van der Waals surface area (Å²) in [7, 11) is 3.47. The van der Waals surface area contributed by atoms with Gasteiger partial charge < -0.3 is 14.8 Å². The number of aryl methyl sites for hydroxylation is 1. The molecule has 40 heavy (non-hydrogen) atoms. The van der Waals surface area contributed by atoms with Gasteiger partial charge in [0.1, 0.15) is 18.6 Å². The molecule has 5 atom stereocenters. The van der Waals surface area contributed by atoms with E-state index in [1.807, 2.05) is 5.01 Å². The average Bonchev–Trinajstić information content (AvgIpc) is 3.69. The summed E-state index contributed by atoms with van der Waals surface area (Å²) in [6.07, 6.45) is 0.730. The highest BCUT2D eigenvalue weighted by Gasteiger charge is 2.60. The molecule has 2 amide bonds. The van der Waals surface area contributed by atoms with Gasteiger partial charge >= 0.3 is 6.03 Å². The zero-order valence-corrected chi connectivity index (χ0v) is 24.2. The summed E-state index contributed by atoms with van der Waals surface area (Å²) in [5, 5.41) is 9.47. The number of epoxide rings is 1. The van der Waals surface area contributed by atoms with Gasteiger partial charge in [0.2, 0.25) is 0 Å². The number of nitrogens with zero attached hydrogens (tertiary/aromatic N) is 4. The lowest BCUT2D eigenvalue weighted by Gasteiger charge is -2.42. The molecular formula is C32H41N5O3. The molecule has 3 aliphatic heterocycles. The van der Waals surface area contributed by atoms with E-state index in [0.717, 1.165) is 19.5 Å². The molecule has 0 bridgehead atoms. The minimum absolute atomic E-state index is 0.00601. The molecule has 3 aliphatic rings. The first-order valence-electron chi connectivity index (χ1n) is 14.4. The first kappa shape index (κ1) is 27.2. The van der Waals surface area contributed by atoms with Crippen LogP contribution in [-0.4, -0.2) is 89.9 Å². The highest BCUT2D eigenvalue weighted by Crippen LogP contribution is 2.42. The number of methoxy groups -OCH3 is 1. The van der Waals surface area contributed by atoms with Crippen LogP contribution in [0, 0.1) is 6.92 Å². The second-order valence-corrected chi connectivity index (χ2v) is 11.5. The lowest BCUT2D eigenvalue weighted by Crippen LogP contribution is -2.60. The number of amides is 2. The fourth-order valence-corrected chi connectivity index (χ4v) is 6.70. The van der Waals surface area contributed by atoms with Crippen molar-refractivity contribution in [1.29, 1.82) is 0 Å². The summed E-state index contributed by atoms with van der Waals surface area (Å²) >= 11 is 0. The maximum Gasteiger partial charge on any atom is 0.331 e. The quantitative estimate of drug-likeness (QED) is 0.451. The molecule has 212 valence electrons. The molecule has 8 nitrogen and oxygen atoms in total. The van der Waals surface area contributed by atoms with Crippen molar-refractivity contribution in [1.82, 2.24) is 25.1 Å². The Balaban J connectivity index is 1.38. The topological polar surface area (TPSA) is 63.8 Å². The van der Waals surface area contributed by atoms with Crippen LogP contribution in [0.4, 0.5) is 4.79 Å². The van der Waals surface area contributed by atoms with Crippen LogP contribution in [0.25, 0.3) is 10.8 Å². The predicted octanol–water partition coefficient (Wildman–Crippen LogP) is 4.18. The largest absolute Gasteiger partial charge is 0.365 e. The molecule has 3 unspecified atom stereocenters. The summed E-state index contributed by atoms with van der Waals surface area (Å²) in [6, 6.07) is 23.9. The van der Waals surface area contributed by atoms with Crippen LogP contribution in [0.2, 0.25) is 0 Å². The number of carbonyl (C=O) groups is 1. The van der Waals surface area contributed by atoms with Gasteiger partial charge in [0, 0.05) is 39.3 Å². The fraction of sp³-hybridized carbons (Fsp3) is 0.469. The third kappa shape index (κ3) is 4.99. The van der Waals surface area contributed by atoms with Crippen LogP contribution in [0.15, 0.2) is 66.7 Å². The van der Waals surface area contributed by atoms with Crippen molar-refractivity contribution in [3.8, 4) is 0 Å². The number of hydrogen-bond donors (Lipinski definition) is 1. The maximum atomic E-state index is 13.2. The Morgan fingerprint density at radius 3 is 2.55 bits per heavy atom. The molecular weight excluding hydrogens is 502 g/mol.